The fourth-order valence-electron chi connectivity index (χ4n) is 2.69. The minimum absolute atomic E-state index is 0.134. The van der Waals surface area contributed by atoms with E-state index in [1.165, 1.54) is 5.56 Å². The maximum Gasteiger partial charge on any atom is 0.251 e. The molecule has 28 heavy (non-hydrogen) atoms. The molecule has 3 rings (SSSR count). The molecule has 1 heterocycles. The molecule has 1 N–H and O–H groups in total. The fourth-order valence-corrected chi connectivity index (χ4v) is 3.87. The topological polar surface area (TPSA) is 59.8 Å². The number of benzene rings is 2. The van der Waals surface area contributed by atoms with Crippen molar-refractivity contribution in [1.82, 2.24) is 20.1 Å². The minimum Gasteiger partial charge on any atom is -0.342 e. The Bertz CT molecular complexity index is 941. The first-order valence-electron chi connectivity index (χ1n) is 8.85. The molecule has 0 radical (unpaired) electrons. The summed E-state index contributed by atoms with van der Waals surface area (Å²) in [6.45, 7) is 6.33. The molecule has 0 bridgehead atoms. The van der Waals surface area contributed by atoms with Crippen molar-refractivity contribution >= 4 is 33.6 Å². The van der Waals surface area contributed by atoms with Gasteiger partial charge in [-0.1, -0.05) is 64.1 Å². The molecule has 0 aliphatic heterocycles. The molecule has 0 aliphatic rings. The van der Waals surface area contributed by atoms with Gasteiger partial charge < -0.3 is 9.88 Å². The third kappa shape index (κ3) is 5.11. The lowest BCUT2D eigenvalue weighted by atomic mass is 10.2. The van der Waals surface area contributed by atoms with Crippen LogP contribution in [0, 0.1) is 0 Å². The van der Waals surface area contributed by atoms with Crippen LogP contribution in [-0.4, -0.2) is 20.7 Å². The van der Waals surface area contributed by atoms with Crippen LogP contribution in [0.25, 0.3) is 0 Å². The van der Waals surface area contributed by atoms with E-state index in [0.717, 1.165) is 15.4 Å². The Morgan fingerprint density at radius 3 is 2.61 bits per heavy atom. The monoisotopic (exact) mass is 456 g/mol. The highest BCUT2D eigenvalue weighted by molar-refractivity contribution is 9.10. The molecule has 0 saturated carbocycles. The Kier molecular flexibility index (Phi) is 7.06. The maximum absolute atomic E-state index is 12.4. The predicted molar refractivity (Wildman–Crippen MR) is 116 cm³/mol. The molecule has 1 atom stereocenters. The van der Waals surface area contributed by atoms with Crippen LogP contribution >= 0.6 is 27.7 Å². The Morgan fingerprint density at radius 2 is 1.93 bits per heavy atom. The highest BCUT2D eigenvalue weighted by Gasteiger charge is 2.19. The third-order valence-electron chi connectivity index (χ3n) is 4.11. The summed E-state index contributed by atoms with van der Waals surface area (Å²) in [5.41, 5.74) is 1.82. The molecule has 0 spiro atoms. The second-order valence-corrected chi connectivity index (χ2v) is 8.07. The largest absolute Gasteiger partial charge is 0.342 e. The number of rotatable bonds is 8. The van der Waals surface area contributed by atoms with E-state index in [1.54, 1.807) is 23.9 Å². The number of carbonyl (C=O) groups excluding carboxylic acids is 1. The van der Waals surface area contributed by atoms with Crippen LogP contribution in [0.1, 0.15) is 34.7 Å². The lowest BCUT2D eigenvalue weighted by Gasteiger charge is -2.15. The van der Waals surface area contributed by atoms with E-state index in [2.05, 4.69) is 50.2 Å². The van der Waals surface area contributed by atoms with Gasteiger partial charge in [-0.15, -0.1) is 16.8 Å². The zero-order chi connectivity index (χ0) is 19.9. The molecule has 1 amide bonds. The van der Waals surface area contributed by atoms with Crippen LogP contribution in [-0.2, 0) is 12.3 Å². The van der Waals surface area contributed by atoms with E-state index in [0.29, 0.717) is 17.9 Å². The number of amides is 1. The summed E-state index contributed by atoms with van der Waals surface area (Å²) < 4.78 is 3.05. The number of hydrogen-bond donors (Lipinski definition) is 1. The molecule has 7 heteroatoms. The van der Waals surface area contributed by atoms with E-state index < -0.39 is 0 Å². The first-order chi connectivity index (χ1) is 13.6. The summed E-state index contributed by atoms with van der Waals surface area (Å²) in [7, 11) is 0. The maximum atomic E-state index is 12.4. The first kappa shape index (κ1) is 20.4. The van der Waals surface area contributed by atoms with Crippen molar-refractivity contribution in [2.24, 2.45) is 0 Å². The van der Waals surface area contributed by atoms with Crippen LogP contribution in [0.2, 0.25) is 0 Å². The fraction of sp³-hybridized carbons (Fsp3) is 0.190. The van der Waals surface area contributed by atoms with E-state index in [-0.39, 0.29) is 11.9 Å². The molecule has 3 aromatic rings. The van der Waals surface area contributed by atoms with Gasteiger partial charge in [0, 0.05) is 22.3 Å². The van der Waals surface area contributed by atoms with Crippen molar-refractivity contribution < 1.29 is 4.79 Å². The second kappa shape index (κ2) is 9.71. The van der Waals surface area contributed by atoms with Gasteiger partial charge in [-0.2, -0.15) is 0 Å². The number of thioether (sulfide) groups is 1. The molecule has 0 saturated heterocycles. The van der Waals surface area contributed by atoms with Gasteiger partial charge in [0.25, 0.3) is 5.91 Å². The van der Waals surface area contributed by atoms with E-state index in [9.17, 15) is 4.79 Å². The number of aromatic nitrogens is 3. The molecule has 0 fully saturated rings. The zero-order valence-corrected chi connectivity index (χ0v) is 17.9. The number of nitrogens with one attached hydrogen (secondary N) is 1. The van der Waals surface area contributed by atoms with Crippen molar-refractivity contribution in [2.45, 2.75) is 30.4 Å². The van der Waals surface area contributed by atoms with Gasteiger partial charge in [-0.05, 0) is 36.8 Å². The SMILES string of the molecule is C=CCn1c(SCc2ccc(Br)cc2)nnc1[C@@H](C)NC(=O)c1ccccc1. The van der Waals surface area contributed by atoms with Crippen LogP contribution in [0.5, 0.6) is 0 Å². The second-order valence-electron chi connectivity index (χ2n) is 6.22. The summed E-state index contributed by atoms with van der Waals surface area (Å²) in [6, 6.07) is 17.1. The van der Waals surface area contributed by atoms with Gasteiger partial charge in [0.2, 0.25) is 0 Å². The summed E-state index contributed by atoms with van der Waals surface area (Å²) in [6.07, 6.45) is 1.81. The number of carbonyl (C=O) groups is 1. The Labute approximate surface area is 177 Å². The molecule has 2 aromatic carbocycles. The summed E-state index contributed by atoms with van der Waals surface area (Å²) in [4.78, 5) is 12.4. The predicted octanol–water partition coefficient (Wildman–Crippen LogP) is 5.01. The zero-order valence-electron chi connectivity index (χ0n) is 15.5. The molecule has 144 valence electrons. The molecular formula is C21H21BrN4OS. The molecular weight excluding hydrogens is 436 g/mol. The van der Waals surface area contributed by atoms with E-state index in [4.69, 9.17) is 0 Å². The third-order valence-corrected chi connectivity index (χ3v) is 5.68. The molecule has 5 nitrogen and oxygen atoms in total. The van der Waals surface area contributed by atoms with Gasteiger partial charge in [0.15, 0.2) is 11.0 Å². The quantitative estimate of drug-likeness (QED) is 0.382. The highest BCUT2D eigenvalue weighted by Crippen LogP contribution is 2.25. The van der Waals surface area contributed by atoms with Crippen LogP contribution < -0.4 is 5.32 Å². The van der Waals surface area contributed by atoms with Gasteiger partial charge >= 0.3 is 0 Å². The number of hydrogen-bond acceptors (Lipinski definition) is 4. The normalized spacial score (nSPS) is 11.8. The molecule has 0 unspecified atom stereocenters. The Hall–Kier alpha value is -2.38. The highest BCUT2D eigenvalue weighted by atomic mass is 79.9. The van der Waals surface area contributed by atoms with Crippen molar-refractivity contribution in [3.05, 3.63) is 88.7 Å². The van der Waals surface area contributed by atoms with Crippen molar-refractivity contribution in [2.75, 3.05) is 0 Å². The first-order valence-corrected chi connectivity index (χ1v) is 10.6. The Morgan fingerprint density at radius 1 is 1.21 bits per heavy atom. The van der Waals surface area contributed by atoms with Crippen molar-refractivity contribution in [3.8, 4) is 0 Å². The lowest BCUT2D eigenvalue weighted by molar-refractivity contribution is 0.0937. The standard InChI is InChI=1S/C21H21BrN4OS/c1-3-13-26-19(15(2)23-20(27)17-7-5-4-6-8-17)24-25-21(26)28-14-16-9-11-18(22)12-10-16/h3-12,15H,1,13-14H2,2H3,(H,23,27)/t15-/m1/s1. The Balaban J connectivity index is 1.72. The van der Waals surface area contributed by atoms with Gasteiger partial charge in [-0.3, -0.25) is 4.79 Å². The van der Waals surface area contributed by atoms with E-state index >= 15 is 0 Å². The molecule has 0 aliphatic carbocycles. The van der Waals surface area contributed by atoms with E-state index in [1.807, 2.05) is 47.9 Å². The molecule has 1 aromatic heterocycles. The smallest absolute Gasteiger partial charge is 0.251 e. The number of halogens is 1. The summed E-state index contributed by atoms with van der Waals surface area (Å²) in [5.74, 6) is 1.36. The average Bonchev–Trinajstić information content (AvgIpc) is 3.11. The van der Waals surface area contributed by atoms with Gasteiger partial charge in [-0.25, -0.2) is 0 Å². The number of allylic oxidation sites excluding steroid dienone is 1. The van der Waals surface area contributed by atoms with Crippen molar-refractivity contribution in [3.63, 3.8) is 0 Å². The summed E-state index contributed by atoms with van der Waals surface area (Å²) in [5, 5.41) is 12.5. The van der Waals surface area contributed by atoms with Gasteiger partial charge in [0.05, 0.1) is 6.04 Å². The number of nitrogens with zero attached hydrogens (tertiary/aromatic N) is 3. The van der Waals surface area contributed by atoms with Crippen LogP contribution in [0.15, 0.2) is 76.9 Å². The van der Waals surface area contributed by atoms with Crippen LogP contribution in [0.3, 0.4) is 0 Å². The van der Waals surface area contributed by atoms with Crippen LogP contribution in [0.4, 0.5) is 0 Å². The lowest BCUT2D eigenvalue weighted by Crippen LogP contribution is -2.28. The van der Waals surface area contributed by atoms with Crippen molar-refractivity contribution in [1.29, 1.82) is 0 Å². The van der Waals surface area contributed by atoms with Gasteiger partial charge in [0.1, 0.15) is 0 Å². The average molecular weight is 457 g/mol. The summed E-state index contributed by atoms with van der Waals surface area (Å²) >= 11 is 5.06. The minimum atomic E-state index is -0.276.